The molecule has 1 fully saturated rings. The first-order chi connectivity index (χ1) is 19.1. The van der Waals surface area contributed by atoms with Crippen molar-refractivity contribution in [3.8, 4) is 28.3 Å². The third-order valence-corrected chi connectivity index (χ3v) is 7.76. The van der Waals surface area contributed by atoms with Crippen LogP contribution in [-0.4, -0.2) is 20.4 Å². The monoisotopic (exact) mass is 512 g/mol. The first-order valence-electron chi connectivity index (χ1n) is 13.3. The Balaban J connectivity index is 1.40. The maximum Gasteiger partial charge on any atom is 0.230 e. The molecule has 2 aliphatic rings. The topological polar surface area (TPSA) is 97.9 Å². The Kier molecular flexibility index (Phi) is 5.52. The van der Waals surface area contributed by atoms with Gasteiger partial charge in [-0.3, -0.25) is 9.36 Å². The largest absolute Gasteiger partial charge is 0.338 e. The van der Waals surface area contributed by atoms with Gasteiger partial charge in [0.1, 0.15) is 5.82 Å². The molecule has 0 bridgehead atoms. The lowest BCUT2D eigenvalue weighted by Crippen LogP contribution is -2.43. The minimum atomic E-state index is -0.245. The van der Waals surface area contributed by atoms with Gasteiger partial charge >= 0.3 is 0 Å². The van der Waals surface area contributed by atoms with E-state index in [4.69, 9.17) is 10.7 Å². The van der Waals surface area contributed by atoms with Crippen LogP contribution in [0.25, 0.3) is 28.3 Å². The third-order valence-electron chi connectivity index (χ3n) is 7.76. The smallest absolute Gasteiger partial charge is 0.230 e. The van der Waals surface area contributed by atoms with Gasteiger partial charge in [0.15, 0.2) is 5.82 Å². The van der Waals surface area contributed by atoms with Gasteiger partial charge in [0.05, 0.1) is 29.2 Å². The van der Waals surface area contributed by atoms with Crippen LogP contribution >= 0.6 is 0 Å². The number of nitrogens with zero attached hydrogens (tertiary/aromatic N) is 3. The zero-order chi connectivity index (χ0) is 26.4. The van der Waals surface area contributed by atoms with Crippen molar-refractivity contribution < 1.29 is 4.79 Å². The number of para-hydroxylation sites is 2. The molecule has 192 valence electrons. The van der Waals surface area contributed by atoms with Gasteiger partial charge < -0.3 is 16.4 Å². The molecule has 7 heteroatoms. The van der Waals surface area contributed by atoms with Crippen molar-refractivity contribution in [2.24, 2.45) is 5.73 Å². The Labute approximate surface area is 226 Å². The number of aromatic nitrogens is 3. The van der Waals surface area contributed by atoms with E-state index in [9.17, 15) is 4.79 Å². The molecular formula is C32H28N6O. The molecule has 1 aliphatic carbocycles. The lowest BCUT2D eigenvalue weighted by atomic mass is 9.72. The molecule has 5 aromatic rings. The third kappa shape index (κ3) is 4.08. The number of fused-ring (bicyclic) bond motifs is 5. The number of imidazole rings is 1. The van der Waals surface area contributed by atoms with Crippen LogP contribution < -0.4 is 16.4 Å². The van der Waals surface area contributed by atoms with Gasteiger partial charge in [-0.05, 0) is 61.2 Å². The lowest BCUT2D eigenvalue weighted by molar-refractivity contribution is -0.115. The van der Waals surface area contributed by atoms with E-state index in [1.165, 1.54) is 0 Å². The number of nitrogens with one attached hydrogen (secondary N) is 2. The molecule has 7 rings (SSSR count). The minimum Gasteiger partial charge on any atom is -0.338 e. The molecule has 3 heterocycles. The second-order valence-electron chi connectivity index (χ2n) is 10.3. The molecule has 7 nitrogen and oxygen atoms in total. The Morgan fingerprint density at radius 3 is 2.49 bits per heavy atom. The van der Waals surface area contributed by atoms with Crippen molar-refractivity contribution in [3.63, 3.8) is 0 Å². The fraction of sp³-hybridized carbons (Fsp3) is 0.156. The Morgan fingerprint density at radius 2 is 1.72 bits per heavy atom. The molecule has 0 unspecified atom stereocenters. The van der Waals surface area contributed by atoms with E-state index < -0.39 is 0 Å². The van der Waals surface area contributed by atoms with Crippen LogP contribution in [0.2, 0.25) is 0 Å². The predicted octanol–water partition coefficient (Wildman–Crippen LogP) is 6.18. The number of hydrogen-bond donors (Lipinski definition) is 3. The van der Waals surface area contributed by atoms with Gasteiger partial charge in [-0.1, -0.05) is 54.6 Å². The normalized spacial score (nSPS) is 14.6. The van der Waals surface area contributed by atoms with Crippen LogP contribution in [0.1, 0.15) is 30.5 Å². The summed E-state index contributed by atoms with van der Waals surface area (Å²) >= 11 is 0. The molecule has 0 atom stereocenters. The highest BCUT2D eigenvalue weighted by molar-refractivity contribution is 5.94. The summed E-state index contributed by atoms with van der Waals surface area (Å²) in [7, 11) is 0. The molecule has 2 aromatic heterocycles. The van der Waals surface area contributed by atoms with Gasteiger partial charge in [0.2, 0.25) is 5.91 Å². The number of anilines is 3. The zero-order valence-electron chi connectivity index (χ0n) is 21.4. The van der Waals surface area contributed by atoms with Gasteiger partial charge in [0.25, 0.3) is 0 Å². The number of nitrogens with two attached hydrogens (primary N) is 1. The summed E-state index contributed by atoms with van der Waals surface area (Å²) in [5.41, 5.74) is 13.5. The van der Waals surface area contributed by atoms with E-state index in [1.54, 1.807) is 6.20 Å². The van der Waals surface area contributed by atoms with E-state index in [0.717, 1.165) is 70.4 Å². The number of pyridine rings is 1. The molecule has 0 saturated heterocycles. The van der Waals surface area contributed by atoms with Crippen molar-refractivity contribution in [3.05, 3.63) is 108 Å². The number of carbonyl (C=O) groups is 1. The predicted molar refractivity (Wildman–Crippen MR) is 154 cm³/mol. The van der Waals surface area contributed by atoms with Gasteiger partial charge in [0, 0.05) is 28.6 Å². The molecule has 1 aliphatic heterocycles. The first kappa shape index (κ1) is 23.4. The fourth-order valence-corrected chi connectivity index (χ4v) is 5.57. The standard InChI is InChI=1S/C32H28N6O/c33-32(17-7-18-32)22-15-13-21(14-16-22)29-26(20-28(39)35-23-8-2-1-3-9-23)37-31-24-10-4-5-11-25(24)36-30-27(38(29)31)12-6-19-34-30/h1-6,8-16,19H,7,17-18,20,33H2,(H,34,36)(H,35,39). The van der Waals surface area contributed by atoms with E-state index in [1.807, 2.05) is 66.7 Å². The van der Waals surface area contributed by atoms with Crippen molar-refractivity contribution in [2.45, 2.75) is 31.2 Å². The Hall–Kier alpha value is -4.75. The van der Waals surface area contributed by atoms with Crippen molar-refractivity contribution in [1.82, 2.24) is 14.5 Å². The molecule has 1 amide bonds. The fourth-order valence-electron chi connectivity index (χ4n) is 5.57. The van der Waals surface area contributed by atoms with Crippen molar-refractivity contribution in [2.75, 3.05) is 10.6 Å². The molecular weight excluding hydrogens is 484 g/mol. The molecule has 39 heavy (non-hydrogen) atoms. The summed E-state index contributed by atoms with van der Waals surface area (Å²) in [5, 5.41) is 6.50. The van der Waals surface area contributed by atoms with Crippen LogP contribution in [0.15, 0.2) is 97.2 Å². The molecule has 3 aromatic carbocycles. The average molecular weight is 513 g/mol. The van der Waals surface area contributed by atoms with Gasteiger partial charge in [-0.2, -0.15) is 0 Å². The second kappa shape index (κ2) is 9.22. The minimum absolute atomic E-state index is 0.123. The van der Waals surface area contributed by atoms with Crippen molar-refractivity contribution >= 4 is 23.1 Å². The van der Waals surface area contributed by atoms with E-state index in [2.05, 4.69) is 44.5 Å². The Bertz CT molecular complexity index is 1690. The number of rotatable bonds is 5. The van der Waals surface area contributed by atoms with Crippen LogP contribution in [0.5, 0.6) is 0 Å². The molecule has 0 radical (unpaired) electrons. The summed E-state index contributed by atoms with van der Waals surface area (Å²) in [5.74, 6) is 1.37. The number of hydrogen-bond acceptors (Lipinski definition) is 5. The summed E-state index contributed by atoms with van der Waals surface area (Å²) < 4.78 is 2.13. The zero-order valence-corrected chi connectivity index (χ0v) is 21.4. The van der Waals surface area contributed by atoms with Crippen LogP contribution in [0.4, 0.5) is 17.2 Å². The highest BCUT2D eigenvalue weighted by Crippen LogP contribution is 2.43. The maximum atomic E-state index is 13.3. The number of amides is 1. The molecule has 4 N–H and O–H groups in total. The van der Waals surface area contributed by atoms with E-state index in [-0.39, 0.29) is 17.9 Å². The summed E-state index contributed by atoms with van der Waals surface area (Å²) in [6, 6.07) is 29.9. The summed E-state index contributed by atoms with van der Waals surface area (Å²) in [6.07, 6.45) is 5.06. The highest BCUT2D eigenvalue weighted by Gasteiger charge is 2.34. The van der Waals surface area contributed by atoms with E-state index >= 15 is 0 Å². The maximum absolute atomic E-state index is 13.3. The van der Waals surface area contributed by atoms with Crippen LogP contribution in [0, 0.1) is 0 Å². The van der Waals surface area contributed by atoms with Crippen molar-refractivity contribution in [1.29, 1.82) is 0 Å². The summed E-state index contributed by atoms with van der Waals surface area (Å²) in [4.78, 5) is 23.0. The second-order valence-corrected chi connectivity index (χ2v) is 10.3. The lowest BCUT2D eigenvalue weighted by Gasteiger charge is -2.38. The quantitative estimate of drug-likeness (QED) is 0.256. The SMILES string of the molecule is NC1(c2ccc(-c3c(CC(=O)Nc4ccccc4)nc4n3-c3cccnc3Nc3ccccc3-4)cc2)CCC1. The van der Waals surface area contributed by atoms with Crippen LogP contribution in [-0.2, 0) is 16.8 Å². The Morgan fingerprint density at radius 1 is 0.949 bits per heavy atom. The number of benzene rings is 3. The highest BCUT2D eigenvalue weighted by atomic mass is 16.1. The molecule has 0 spiro atoms. The first-order valence-corrected chi connectivity index (χ1v) is 13.3. The van der Waals surface area contributed by atoms with Crippen LogP contribution in [0.3, 0.4) is 0 Å². The summed E-state index contributed by atoms with van der Waals surface area (Å²) in [6.45, 7) is 0. The number of carbonyl (C=O) groups excluding carboxylic acids is 1. The molecule has 1 saturated carbocycles. The van der Waals surface area contributed by atoms with Gasteiger partial charge in [-0.15, -0.1) is 0 Å². The van der Waals surface area contributed by atoms with E-state index in [0.29, 0.717) is 5.69 Å². The van der Waals surface area contributed by atoms with Gasteiger partial charge in [-0.25, -0.2) is 9.97 Å². The average Bonchev–Trinajstić information content (AvgIpc) is 3.24.